The molecule has 1 atom stereocenters. The molecule has 0 bridgehead atoms. The fourth-order valence-corrected chi connectivity index (χ4v) is 3.16. The summed E-state index contributed by atoms with van der Waals surface area (Å²) in [5.41, 5.74) is 1.81. The molecule has 0 saturated heterocycles. The molecule has 0 saturated carbocycles. The average molecular weight is 374 g/mol. The number of benzene rings is 2. The summed E-state index contributed by atoms with van der Waals surface area (Å²) in [6.07, 6.45) is 0. The molecule has 0 spiro atoms. The molecule has 0 radical (unpaired) electrons. The van der Waals surface area contributed by atoms with E-state index in [2.05, 4.69) is 20.8 Å². The predicted octanol–water partition coefficient (Wildman–Crippen LogP) is 3.29. The number of carbonyl (C=O) groups is 1. The van der Waals surface area contributed by atoms with Crippen molar-refractivity contribution in [2.45, 2.75) is 18.1 Å². The third-order valence-electron chi connectivity index (χ3n) is 3.50. The summed E-state index contributed by atoms with van der Waals surface area (Å²) in [7, 11) is 0. The van der Waals surface area contributed by atoms with Gasteiger partial charge in [-0.1, -0.05) is 59.8 Å². The van der Waals surface area contributed by atoms with E-state index in [4.69, 9.17) is 11.6 Å². The van der Waals surface area contributed by atoms with Gasteiger partial charge >= 0.3 is 0 Å². The number of hydrogen-bond donors (Lipinski definition) is 1. The van der Waals surface area contributed by atoms with Gasteiger partial charge in [-0.25, -0.2) is 0 Å². The maximum Gasteiger partial charge on any atom is 0.230 e. The van der Waals surface area contributed by atoms with Gasteiger partial charge in [-0.3, -0.25) is 4.79 Å². The Morgan fingerprint density at radius 2 is 2.04 bits per heavy atom. The SMILES string of the molecule is CC(NC(=O)CSc1nnnn1-c1cccc(Cl)c1)c1ccccc1. The first-order chi connectivity index (χ1) is 12.1. The van der Waals surface area contributed by atoms with E-state index in [1.807, 2.05) is 49.4 Å². The number of hydrogen-bond acceptors (Lipinski definition) is 5. The Labute approximate surface area is 154 Å². The third kappa shape index (κ3) is 4.58. The van der Waals surface area contributed by atoms with Gasteiger partial charge < -0.3 is 5.32 Å². The summed E-state index contributed by atoms with van der Waals surface area (Å²) >= 11 is 7.28. The standard InChI is InChI=1S/C17H16ClN5OS/c1-12(13-6-3-2-4-7-13)19-16(24)11-25-17-20-21-22-23(17)15-9-5-8-14(18)10-15/h2-10,12H,11H2,1H3,(H,19,24). The average Bonchev–Trinajstić information content (AvgIpc) is 3.09. The molecule has 2 aromatic carbocycles. The smallest absolute Gasteiger partial charge is 0.230 e. The fraction of sp³-hybridized carbons (Fsp3) is 0.176. The van der Waals surface area contributed by atoms with E-state index in [9.17, 15) is 4.79 Å². The molecule has 1 heterocycles. The number of aromatic nitrogens is 4. The minimum absolute atomic E-state index is 0.0572. The second-order valence-electron chi connectivity index (χ2n) is 5.34. The number of tetrazole rings is 1. The molecule has 3 aromatic rings. The van der Waals surface area contributed by atoms with Crippen molar-refractivity contribution in [2.24, 2.45) is 0 Å². The summed E-state index contributed by atoms with van der Waals surface area (Å²) in [5, 5.41) is 15.7. The number of carbonyl (C=O) groups excluding carboxylic acids is 1. The van der Waals surface area contributed by atoms with Crippen molar-refractivity contribution >= 4 is 29.3 Å². The van der Waals surface area contributed by atoms with Gasteiger partial charge in [-0.2, -0.15) is 4.68 Å². The van der Waals surface area contributed by atoms with Crippen LogP contribution in [0.2, 0.25) is 5.02 Å². The van der Waals surface area contributed by atoms with E-state index >= 15 is 0 Å². The van der Waals surface area contributed by atoms with Crippen LogP contribution in [0.3, 0.4) is 0 Å². The Kier molecular flexibility index (Phi) is 5.67. The molecule has 0 fully saturated rings. The van der Waals surface area contributed by atoms with Crippen molar-refractivity contribution in [3.8, 4) is 5.69 Å². The highest BCUT2D eigenvalue weighted by Crippen LogP contribution is 2.20. The fourth-order valence-electron chi connectivity index (χ4n) is 2.28. The van der Waals surface area contributed by atoms with E-state index in [0.29, 0.717) is 10.2 Å². The number of halogens is 1. The maximum absolute atomic E-state index is 12.2. The largest absolute Gasteiger partial charge is 0.349 e. The molecule has 1 amide bonds. The Morgan fingerprint density at radius 3 is 2.80 bits per heavy atom. The van der Waals surface area contributed by atoms with Crippen LogP contribution in [0.25, 0.3) is 5.69 Å². The first-order valence-electron chi connectivity index (χ1n) is 7.65. The summed E-state index contributed by atoms with van der Waals surface area (Å²) in [6, 6.07) is 17.0. The van der Waals surface area contributed by atoms with Crippen LogP contribution in [0.15, 0.2) is 59.8 Å². The zero-order chi connectivity index (χ0) is 17.6. The number of nitrogens with one attached hydrogen (secondary N) is 1. The van der Waals surface area contributed by atoms with Gasteiger partial charge in [0.05, 0.1) is 17.5 Å². The van der Waals surface area contributed by atoms with Gasteiger partial charge in [0.1, 0.15) is 0 Å². The Bertz CT molecular complexity index is 855. The third-order valence-corrected chi connectivity index (χ3v) is 4.66. The Hall–Kier alpha value is -2.38. The summed E-state index contributed by atoms with van der Waals surface area (Å²) in [5.74, 6) is 0.139. The summed E-state index contributed by atoms with van der Waals surface area (Å²) < 4.78 is 1.56. The molecular formula is C17H16ClN5OS. The lowest BCUT2D eigenvalue weighted by atomic mass is 10.1. The Morgan fingerprint density at radius 1 is 1.24 bits per heavy atom. The van der Waals surface area contributed by atoms with Gasteiger partial charge in [0.2, 0.25) is 11.1 Å². The maximum atomic E-state index is 12.2. The van der Waals surface area contributed by atoms with Gasteiger partial charge in [0, 0.05) is 5.02 Å². The molecule has 6 nitrogen and oxygen atoms in total. The van der Waals surface area contributed by atoms with Crippen molar-refractivity contribution in [2.75, 3.05) is 5.75 Å². The molecule has 128 valence electrons. The van der Waals surface area contributed by atoms with E-state index in [-0.39, 0.29) is 17.7 Å². The van der Waals surface area contributed by atoms with E-state index in [0.717, 1.165) is 11.3 Å². The molecule has 1 unspecified atom stereocenters. The molecule has 25 heavy (non-hydrogen) atoms. The highest BCUT2D eigenvalue weighted by molar-refractivity contribution is 7.99. The quantitative estimate of drug-likeness (QED) is 0.671. The first kappa shape index (κ1) is 17.4. The van der Waals surface area contributed by atoms with Crippen LogP contribution in [0.4, 0.5) is 0 Å². The van der Waals surface area contributed by atoms with Crippen molar-refractivity contribution in [1.82, 2.24) is 25.5 Å². The van der Waals surface area contributed by atoms with Crippen molar-refractivity contribution < 1.29 is 4.79 Å². The second kappa shape index (κ2) is 8.13. The van der Waals surface area contributed by atoms with Crippen LogP contribution in [0.5, 0.6) is 0 Å². The number of thioether (sulfide) groups is 1. The van der Waals surface area contributed by atoms with E-state index in [1.54, 1.807) is 16.8 Å². The lowest BCUT2D eigenvalue weighted by Gasteiger charge is -2.14. The molecular weight excluding hydrogens is 358 g/mol. The van der Waals surface area contributed by atoms with Gasteiger partial charge in [0.25, 0.3) is 0 Å². The minimum atomic E-state index is -0.0815. The highest BCUT2D eigenvalue weighted by atomic mass is 35.5. The molecule has 1 N–H and O–H groups in total. The first-order valence-corrected chi connectivity index (χ1v) is 9.01. The molecule has 8 heteroatoms. The molecule has 1 aromatic heterocycles. The highest BCUT2D eigenvalue weighted by Gasteiger charge is 2.14. The van der Waals surface area contributed by atoms with Crippen LogP contribution < -0.4 is 5.32 Å². The normalized spacial score (nSPS) is 11.9. The molecule has 3 rings (SSSR count). The minimum Gasteiger partial charge on any atom is -0.349 e. The second-order valence-corrected chi connectivity index (χ2v) is 6.72. The van der Waals surface area contributed by atoms with Crippen LogP contribution in [0.1, 0.15) is 18.5 Å². The summed E-state index contributed by atoms with van der Waals surface area (Å²) in [6.45, 7) is 1.95. The predicted molar refractivity (Wildman–Crippen MR) is 97.9 cm³/mol. The van der Waals surface area contributed by atoms with Gasteiger partial charge in [-0.05, 0) is 41.1 Å². The van der Waals surface area contributed by atoms with E-state index < -0.39 is 0 Å². The zero-order valence-corrected chi connectivity index (χ0v) is 15.0. The molecule has 0 aliphatic rings. The molecule has 0 aliphatic heterocycles. The number of rotatable bonds is 6. The van der Waals surface area contributed by atoms with Gasteiger partial charge in [0.15, 0.2) is 0 Å². The van der Waals surface area contributed by atoms with Crippen LogP contribution >= 0.6 is 23.4 Å². The van der Waals surface area contributed by atoms with Crippen LogP contribution in [-0.4, -0.2) is 31.9 Å². The molecule has 0 aliphatic carbocycles. The zero-order valence-electron chi connectivity index (χ0n) is 13.5. The van der Waals surface area contributed by atoms with Gasteiger partial charge in [-0.15, -0.1) is 5.10 Å². The van der Waals surface area contributed by atoms with Crippen molar-refractivity contribution in [3.63, 3.8) is 0 Å². The van der Waals surface area contributed by atoms with Crippen LogP contribution in [-0.2, 0) is 4.79 Å². The topological polar surface area (TPSA) is 72.7 Å². The monoisotopic (exact) mass is 373 g/mol. The van der Waals surface area contributed by atoms with E-state index in [1.165, 1.54) is 11.8 Å². The van der Waals surface area contributed by atoms with Crippen molar-refractivity contribution in [3.05, 3.63) is 65.2 Å². The summed E-state index contributed by atoms with van der Waals surface area (Å²) in [4.78, 5) is 12.2. The number of nitrogens with zero attached hydrogens (tertiary/aromatic N) is 4. The van der Waals surface area contributed by atoms with Crippen LogP contribution in [0, 0.1) is 0 Å². The Balaban J connectivity index is 1.61. The lowest BCUT2D eigenvalue weighted by molar-refractivity contribution is -0.119. The number of amides is 1. The van der Waals surface area contributed by atoms with Crippen molar-refractivity contribution in [1.29, 1.82) is 0 Å². The lowest BCUT2D eigenvalue weighted by Crippen LogP contribution is -2.28.